The Morgan fingerprint density at radius 2 is 2.04 bits per heavy atom. The number of benzene rings is 1. The molecule has 25 heavy (non-hydrogen) atoms. The fourth-order valence-corrected chi connectivity index (χ4v) is 3.18. The van der Waals surface area contributed by atoms with E-state index < -0.39 is 0 Å². The van der Waals surface area contributed by atoms with Gasteiger partial charge in [0, 0.05) is 25.1 Å². The van der Waals surface area contributed by atoms with Gasteiger partial charge in [-0.05, 0) is 43.2 Å². The molecule has 128 valence electrons. The van der Waals surface area contributed by atoms with E-state index in [-0.39, 0.29) is 18.1 Å². The SMILES string of the molecule is Cc1cccc(O[C@H]2C[C@H](NC(=O)c3cnn4ccccc34)C2)c1C. The van der Waals surface area contributed by atoms with Crippen molar-refractivity contribution in [2.75, 3.05) is 0 Å². The van der Waals surface area contributed by atoms with E-state index in [0.29, 0.717) is 5.56 Å². The number of amides is 1. The van der Waals surface area contributed by atoms with Crippen LogP contribution in [0.2, 0.25) is 0 Å². The van der Waals surface area contributed by atoms with Crippen LogP contribution in [0.5, 0.6) is 5.75 Å². The average Bonchev–Trinajstić information content (AvgIpc) is 3.01. The third-order valence-corrected chi connectivity index (χ3v) is 4.95. The van der Waals surface area contributed by atoms with E-state index in [1.807, 2.05) is 36.5 Å². The average molecular weight is 335 g/mol. The van der Waals surface area contributed by atoms with Crippen molar-refractivity contribution in [1.29, 1.82) is 0 Å². The number of rotatable bonds is 4. The number of hydrogen-bond donors (Lipinski definition) is 1. The van der Waals surface area contributed by atoms with Crippen molar-refractivity contribution in [1.82, 2.24) is 14.9 Å². The van der Waals surface area contributed by atoms with E-state index >= 15 is 0 Å². The van der Waals surface area contributed by atoms with Crippen LogP contribution in [0.1, 0.15) is 34.3 Å². The van der Waals surface area contributed by atoms with Gasteiger partial charge in [-0.15, -0.1) is 0 Å². The lowest BCUT2D eigenvalue weighted by atomic mass is 9.89. The van der Waals surface area contributed by atoms with Crippen LogP contribution < -0.4 is 10.1 Å². The second-order valence-corrected chi connectivity index (χ2v) is 6.67. The molecule has 1 aliphatic rings. The van der Waals surface area contributed by atoms with Crippen molar-refractivity contribution in [3.63, 3.8) is 0 Å². The maximum absolute atomic E-state index is 12.5. The van der Waals surface area contributed by atoms with Crippen molar-refractivity contribution >= 4 is 11.4 Å². The predicted molar refractivity (Wildman–Crippen MR) is 96.0 cm³/mol. The zero-order valence-electron chi connectivity index (χ0n) is 14.4. The summed E-state index contributed by atoms with van der Waals surface area (Å²) in [5.74, 6) is 0.869. The van der Waals surface area contributed by atoms with Gasteiger partial charge >= 0.3 is 0 Å². The number of carbonyl (C=O) groups excluding carboxylic acids is 1. The van der Waals surface area contributed by atoms with Crippen molar-refractivity contribution < 1.29 is 9.53 Å². The van der Waals surface area contributed by atoms with Gasteiger partial charge in [0.05, 0.1) is 17.3 Å². The molecule has 0 saturated heterocycles. The molecule has 4 rings (SSSR count). The summed E-state index contributed by atoms with van der Waals surface area (Å²) in [4.78, 5) is 12.5. The van der Waals surface area contributed by atoms with Crippen LogP contribution in [0.15, 0.2) is 48.8 Å². The minimum absolute atomic E-state index is 0.0728. The first-order valence-electron chi connectivity index (χ1n) is 8.58. The molecule has 2 aromatic heterocycles. The van der Waals surface area contributed by atoms with Gasteiger partial charge in [-0.2, -0.15) is 5.10 Å². The molecule has 0 atom stereocenters. The van der Waals surface area contributed by atoms with Crippen LogP contribution in [0.4, 0.5) is 0 Å². The Balaban J connectivity index is 1.35. The molecule has 1 aliphatic carbocycles. The first-order valence-corrected chi connectivity index (χ1v) is 8.58. The van der Waals surface area contributed by atoms with Gasteiger partial charge in [0.2, 0.25) is 0 Å². The molecule has 1 N–H and O–H groups in total. The van der Waals surface area contributed by atoms with E-state index in [9.17, 15) is 4.79 Å². The maximum Gasteiger partial charge on any atom is 0.255 e. The number of nitrogens with zero attached hydrogens (tertiary/aromatic N) is 2. The quantitative estimate of drug-likeness (QED) is 0.796. The van der Waals surface area contributed by atoms with Crippen LogP contribution >= 0.6 is 0 Å². The second-order valence-electron chi connectivity index (χ2n) is 6.67. The first-order chi connectivity index (χ1) is 12.1. The highest BCUT2D eigenvalue weighted by Gasteiger charge is 2.33. The Morgan fingerprint density at radius 3 is 2.88 bits per heavy atom. The summed E-state index contributed by atoms with van der Waals surface area (Å²) < 4.78 is 7.78. The number of aromatic nitrogens is 2. The highest BCUT2D eigenvalue weighted by molar-refractivity contribution is 6.00. The Kier molecular flexibility index (Phi) is 3.92. The number of pyridine rings is 1. The number of ether oxygens (including phenoxy) is 1. The molecule has 1 aromatic carbocycles. The highest BCUT2D eigenvalue weighted by Crippen LogP contribution is 2.29. The molecule has 5 nitrogen and oxygen atoms in total. The Bertz CT molecular complexity index is 926. The third-order valence-electron chi connectivity index (χ3n) is 4.95. The fraction of sp³-hybridized carbons (Fsp3) is 0.300. The second kappa shape index (κ2) is 6.24. The largest absolute Gasteiger partial charge is 0.490 e. The lowest BCUT2D eigenvalue weighted by Crippen LogP contribution is -2.49. The smallest absolute Gasteiger partial charge is 0.255 e. The van der Waals surface area contributed by atoms with Crippen LogP contribution in [-0.2, 0) is 0 Å². The van der Waals surface area contributed by atoms with Gasteiger partial charge in [-0.25, -0.2) is 4.52 Å². The monoisotopic (exact) mass is 335 g/mol. The molecular formula is C20H21N3O2. The van der Waals surface area contributed by atoms with Crippen LogP contribution in [-0.4, -0.2) is 27.7 Å². The summed E-state index contributed by atoms with van der Waals surface area (Å²) >= 11 is 0. The van der Waals surface area contributed by atoms with E-state index in [1.165, 1.54) is 11.1 Å². The Labute approximate surface area is 146 Å². The van der Waals surface area contributed by atoms with Crippen molar-refractivity contribution in [2.24, 2.45) is 0 Å². The fourth-order valence-electron chi connectivity index (χ4n) is 3.18. The third kappa shape index (κ3) is 2.97. The van der Waals surface area contributed by atoms with Crippen molar-refractivity contribution in [3.05, 3.63) is 65.5 Å². The maximum atomic E-state index is 12.5. The molecule has 1 fully saturated rings. The Hall–Kier alpha value is -2.82. The molecular weight excluding hydrogens is 314 g/mol. The zero-order chi connectivity index (χ0) is 17.4. The number of fused-ring (bicyclic) bond motifs is 1. The minimum Gasteiger partial charge on any atom is -0.490 e. The molecule has 1 amide bonds. The Morgan fingerprint density at radius 1 is 1.20 bits per heavy atom. The van der Waals surface area contributed by atoms with Crippen LogP contribution in [0, 0.1) is 13.8 Å². The molecule has 5 heteroatoms. The van der Waals surface area contributed by atoms with E-state index in [4.69, 9.17) is 4.74 Å². The summed E-state index contributed by atoms with van der Waals surface area (Å²) in [5, 5.41) is 7.29. The van der Waals surface area contributed by atoms with E-state index in [2.05, 4.69) is 30.3 Å². The van der Waals surface area contributed by atoms with Gasteiger partial charge in [-0.1, -0.05) is 18.2 Å². The van der Waals surface area contributed by atoms with E-state index in [0.717, 1.165) is 24.1 Å². The molecule has 2 heterocycles. The minimum atomic E-state index is -0.0728. The summed E-state index contributed by atoms with van der Waals surface area (Å²) in [5.41, 5.74) is 3.85. The molecule has 0 spiro atoms. The highest BCUT2D eigenvalue weighted by atomic mass is 16.5. The molecule has 3 aromatic rings. The van der Waals surface area contributed by atoms with Gasteiger partial charge in [0.15, 0.2) is 0 Å². The van der Waals surface area contributed by atoms with Gasteiger partial charge in [0.25, 0.3) is 5.91 Å². The summed E-state index contributed by atoms with van der Waals surface area (Å²) in [6.07, 6.45) is 5.28. The van der Waals surface area contributed by atoms with Gasteiger partial charge in [-0.3, -0.25) is 4.79 Å². The summed E-state index contributed by atoms with van der Waals surface area (Å²) in [6.45, 7) is 4.16. The normalized spacial score (nSPS) is 19.4. The van der Waals surface area contributed by atoms with Crippen molar-refractivity contribution in [2.45, 2.75) is 38.8 Å². The van der Waals surface area contributed by atoms with Gasteiger partial charge in [0.1, 0.15) is 11.9 Å². The van der Waals surface area contributed by atoms with Crippen molar-refractivity contribution in [3.8, 4) is 5.75 Å². The first kappa shape index (κ1) is 15.7. The number of carbonyl (C=O) groups is 1. The number of hydrogen-bond acceptors (Lipinski definition) is 3. The van der Waals surface area contributed by atoms with Crippen LogP contribution in [0.25, 0.3) is 5.52 Å². The van der Waals surface area contributed by atoms with Crippen LogP contribution in [0.3, 0.4) is 0 Å². The standard InChI is InChI=1S/C20H21N3O2/c1-13-6-5-8-19(14(13)2)25-16-10-15(11-16)22-20(24)17-12-21-23-9-4-3-7-18(17)23/h3-9,12,15-16H,10-11H2,1-2H3,(H,22,24)/t15-,16-. The molecule has 0 radical (unpaired) electrons. The molecule has 0 aliphatic heterocycles. The molecule has 1 saturated carbocycles. The van der Waals surface area contributed by atoms with E-state index in [1.54, 1.807) is 10.7 Å². The number of nitrogens with one attached hydrogen (secondary N) is 1. The summed E-state index contributed by atoms with van der Waals surface area (Å²) in [6, 6.07) is 12.0. The summed E-state index contributed by atoms with van der Waals surface area (Å²) in [7, 11) is 0. The predicted octanol–water partition coefficient (Wildman–Crippen LogP) is 3.29. The molecule has 0 unspecified atom stereocenters. The lowest BCUT2D eigenvalue weighted by molar-refractivity contribution is 0.0698. The zero-order valence-corrected chi connectivity index (χ0v) is 14.4. The lowest BCUT2D eigenvalue weighted by Gasteiger charge is -2.36. The molecule has 0 bridgehead atoms. The topological polar surface area (TPSA) is 55.6 Å². The number of aryl methyl sites for hydroxylation is 1. The van der Waals surface area contributed by atoms with Gasteiger partial charge < -0.3 is 10.1 Å².